The molecule has 0 aromatic heterocycles. The van der Waals surface area contributed by atoms with Gasteiger partial charge >= 0.3 is 12.0 Å². The maximum Gasteiger partial charge on any atom is 0.337 e. The molecule has 4 amide bonds. The Morgan fingerprint density at radius 2 is 1.66 bits per heavy atom. The summed E-state index contributed by atoms with van der Waals surface area (Å²) in [7, 11) is 1.24. The van der Waals surface area contributed by atoms with Crippen LogP contribution in [0.15, 0.2) is 69.1 Å². The molecule has 1 N–H and O–H groups in total. The minimum atomic E-state index is -0.907. The summed E-state index contributed by atoms with van der Waals surface area (Å²) in [6.45, 7) is 0.167. The standard InChI is InChI=1S/C26H16Br2Cl2N2O6/c1-37-25(35)14-3-6-17(7-4-14)32-24(34)18(23(33)31-26(32)36)8-13-9-19(27)22(20(28)10-13)38-12-15-2-5-16(29)11-21(15)30/h2-11H,12H2,1H3,(H,31,33,36)/b18-8+. The van der Waals surface area contributed by atoms with Crippen molar-refractivity contribution in [1.82, 2.24) is 5.32 Å². The van der Waals surface area contributed by atoms with Crippen molar-refractivity contribution < 1.29 is 28.7 Å². The number of urea groups is 1. The topological polar surface area (TPSA) is 102 Å². The smallest absolute Gasteiger partial charge is 0.337 e. The summed E-state index contributed by atoms with van der Waals surface area (Å²) in [5, 5.41) is 3.14. The molecule has 4 rings (SSSR count). The van der Waals surface area contributed by atoms with Crippen LogP contribution in [0.1, 0.15) is 21.5 Å². The first-order valence-electron chi connectivity index (χ1n) is 10.7. The second-order valence-corrected chi connectivity index (χ2v) is 10.4. The Morgan fingerprint density at radius 3 is 2.26 bits per heavy atom. The van der Waals surface area contributed by atoms with Crippen molar-refractivity contribution in [2.24, 2.45) is 0 Å². The fourth-order valence-corrected chi connectivity index (χ4v) is 5.43. The summed E-state index contributed by atoms with van der Waals surface area (Å²) in [6, 6.07) is 13.1. The summed E-state index contributed by atoms with van der Waals surface area (Å²) < 4.78 is 11.6. The van der Waals surface area contributed by atoms with E-state index in [1.807, 2.05) is 0 Å². The average Bonchev–Trinajstić information content (AvgIpc) is 2.87. The van der Waals surface area contributed by atoms with E-state index in [1.165, 1.54) is 37.5 Å². The van der Waals surface area contributed by atoms with Gasteiger partial charge in [0, 0.05) is 15.6 Å². The summed E-state index contributed by atoms with van der Waals surface area (Å²) in [6.07, 6.45) is 1.36. The average molecular weight is 683 g/mol. The molecule has 3 aromatic rings. The predicted octanol–water partition coefficient (Wildman–Crippen LogP) is 6.55. The lowest BCUT2D eigenvalue weighted by atomic mass is 10.1. The predicted molar refractivity (Wildman–Crippen MR) is 149 cm³/mol. The largest absolute Gasteiger partial charge is 0.486 e. The van der Waals surface area contributed by atoms with E-state index in [1.54, 1.807) is 30.3 Å². The fourth-order valence-electron chi connectivity index (χ4n) is 3.51. The van der Waals surface area contributed by atoms with Crippen LogP contribution in [-0.2, 0) is 20.9 Å². The van der Waals surface area contributed by atoms with E-state index in [0.717, 1.165) is 10.5 Å². The number of nitrogens with one attached hydrogen (secondary N) is 1. The Morgan fingerprint density at radius 1 is 1.00 bits per heavy atom. The summed E-state index contributed by atoms with van der Waals surface area (Å²) >= 11 is 19.1. The Kier molecular flexibility index (Phi) is 8.57. The van der Waals surface area contributed by atoms with Gasteiger partial charge in [-0.1, -0.05) is 29.3 Å². The molecule has 3 aromatic carbocycles. The molecule has 12 heteroatoms. The maximum atomic E-state index is 13.2. The first kappa shape index (κ1) is 27.8. The van der Waals surface area contributed by atoms with Gasteiger partial charge in [0.15, 0.2) is 0 Å². The second-order valence-electron chi connectivity index (χ2n) is 7.83. The minimum Gasteiger partial charge on any atom is -0.486 e. The van der Waals surface area contributed by atoms with Crippen LogP contribution >= 0.6 is 55.1 Å². The SMILES string of the molecule is COC(=O)c1ccc(N2C(=O)NC(=O)/C(=C\c3cc(Br)c(OCc4ccc(Cl)cc4Cl)c(Br)c3)C2=O)cc1. The van der Waals surface area contributed by atoms with Crippen LogP contribution in [0.5, 0.6) is 5.75 Å². The fraction of sp³-hybridized carbons (Fsp3) is 0.0769. The molecule has 1 saturated heterocycles. The van der Waals surface area contributed by atoms with Crippen molar-refractivity contribution in [2.75, 3.05) is 12.0 Å². The van der Waals surface area contributed by atoms with Crippen molar-refractivity contribution in [3.8, 4) is 5.75 Å². The number of methoxy groups -OCH3 is 1. The van der Waals surface area contributed by atoms with Gasteiger partial charge in [0.2, 0.25) is 0 Å². The number of ether oxygens (including phenoxy) is 2. The minimum absolute atomic E-state index is 0.167. The molecule has 1 aliphatic heterocycles. The molecular formula is C26H16Br2Cl2N2O6. The molecule has 0 saturated carbocycles. The number of hydrogen-bond acceptors (Lipinski definition) is 6. The van der Waals surface area contributed by atoms with Crippen molar-refractivity contribution in [3.63, 3.8) is 0 Å². The lowest BCUT2D eigenvalue weighted by Crippen LogP contribution is -2.54. The third-order valence-corrected chi connectivity index (χ3v) is 7.13. The molecule has 0 aliphatic carbocycles. The molecule has 0 atom stereocenters. The van der Waals surface area contributed by atoms with E-state index < -0.39 is 23.8 Å². The zero-order valence-electron chi connectivity index (χ0n) is 19.4. The molecule has 8 nitrogen and oxygen atoms in total. The number of halogens is 4. The Hall–Kier alpha value is -3.18. The van der Waals surface area contributed by atoms with E-state index >= 15 is 0 Å². The number of hydrogen-bond donors (Lipinski definition) is 1. The van der Waals surface area contributed by atoms with Gasteiger partial charge in [-0.2, -0.15) is 0 Å². The zero-order valence-corrected chi connectivity index (χ0v) is 24.1. The van der Waals surface area contributed by atoms with Crippen molar-refractivity contribution in [3.05, 3.63) is 95.9 Å². The molecule has 38 heavy (non-hydrogen) atoms. The third-order valence-electron chi connectivity index (χ3n) is 5.37. The Bertz CT molecular complexity index is 1490. The van der Waals surface area contributed by atoms with Crippen molar-refractivity contribution >= 4 is 90.6 Å². The number of benzene rings is 3. The molecule has 0 radical (unpaired) electrons. The first-order chi connectivity index (χ1) is 18.1. The van der Waals surface area contributed by atoms with Crippen molar-refractivity contribution in [2.45, 2.75) is 6.61 Å². The number of anilines is 1. The number of carbonyl (C=O) groups excluding carboxylic acids is 4. The van der Waals surface area contributed by atoms with Gasteiger partial charge < -0.3 is 9.47 Å². The van der Waals surface area contributed by atoms with Gasteiger partial charge in [0.05, 0.1) is 27.3 Å². The van der Waals surface area contributed by atoms with Gasteiger partial charge in [0.25, 0.3) is 11.8 Å². The number of esters is 1. The Labute approximate surface area is 243 Å². The number of carbonyl (C=O) groups is 4. The Balaban J connectivity index is 1.59. The normalized spacial score (nSPS) is 14.5. The first-order valence-corrected chi connectivity index (χ1v) is 13.1. The monoisotopic (exact) mass is 680 g/mol. The highest BCUT2D eigenvalue weighted by molar-refractivity contribution is 9.11. The van der Waals surface area contributed by atoms with Gasteiger partial charge in [-0.3, -0.25) is 14.9 Å². The van der Waals surface area contributed by atoms with Crippen LogP contribution in [0.2, 0.25) is 10.0 Å². The van der Waals surface area contributed by atoms with E-state index in [2.05, 4.69) is 41.9 Å². The highest BCUT2D eigenvalue weighted by atomic mass is 79.9. The highest BCUT2D eigenvalue weighted by Gasteiger charge is 2.37. The van der Waals surface area contributed by atoms with Crippen LogP contribution in [0.3, 0.4) is 0 Å². The number of amides is 4. The number of barbiturate groups is 1. The molecule has 0 spiro atoms. The van der Waals surface area contributed by atoms with E-state index in [-0.39, 0.29) is 23.4 Å². The van der Waals surface area contributed by atoms with E-state index in [4.69, 9.17) is 27.9 Å². The molecule has 1 fully saturated rings. The summed E-state index contributed by atoms with van der Waals surface area (Å²) in [4.78, 5) is 50.7. The number of rotatable bonds is 6. The lowest BCUT2D eigenvalue weighted by Gasteiger charge is -2.26. The molecule has 0 bridgehead atoms. The van der Waals surface area contributed by atoms with Crippen LogP contribution in [0, 0.1) is 0 Å². The van der Waals surface area contributed by atoms with Crippen LogP contribution in [0.25, 0.3) is 6.08 Å². The van der Waals surface area contributed by atoms with Crippen LogP contribution < -0.4 is 15.0 Å². The van der Waals surface area contributed by atoms with Crippen LogP contribution in [-0.4, -0.2) is 30.9 Å². The van der Waals surface area contributed by atoms with E-state index in [9.17, 15) is 19.2 Å². The zero-order chi connectivity index (χ0) is 27.6. The lowest BCUT2D eigenvalue weighted by molar-refractivity contribution is -0.122. The molecule has 194 valence electrons. The van der Waals surface area contributed by atoms with Gasteiger partial charge in [-0.25, -0.2) is 14.5 Å². The molecule has 1 aliphatic rings. The summed E-state index contributed by atoms with van der Waals surface area (Å²) in [5.74, 6) is -1.76. The van der Waals surface area contributed by atoms with E-state index in [0.29, 0.717) is 30.3 Å². The van der Waals surface area contributed by atoms with Crippen LogP contribution in [0.4, 0.5) is 10.5 Å². The van der Waals surface area contributed by atoms with Crippen molar-refractivity contribution in [1.29, 1.82) is 0 Å². The third kappa shape index (κ3) is 5.94. The number of nitrogens with zero attached hydrogens (tertiary/aromatic N) is 1. The second kappa shape index (κ2) is 11.7. The molecule has 0 unspecified atom stereocenters. The van der Waals surface area contributed by atoms with Gasteiger partial charge in [-0.05, 0) is 92.0 Å². The quantitative estimate of drug-likeness (QED) is 0.180. The maximum absolute atomic E-state index is 13.2. The van der Waals surface area contributed by atoms with Gasteiger partial charge in [-0.15, -0.1) is 0 Å². The molecular weight excluding hydrogens is 667 g/mol. The van der Waals surface area contributed by atoms with Gasteiger partial charge in [0.1, 0.15) is 17.9 Å². The highest BCUT2D eigenvalue weighted by Crippen LogP contribution is 2.37. The number of imide groups is 2. The molecule has 1 heterocycles. The summed E-state index contributed by atoms with van der Waals surface area (Å²) in [5.41, 5.74) is 1.36.